The van der Waals surface area contributed by atoms with E-state index in [9.17, 15) is 8.42 Å². The molecule has 180 valence electrons. The van der Waals surface area contributed by atoms with Crippen LogP contribution in [0.2, 0.25) is 0 Å². The molecule has 5 rings (SSSR count). The number of fused-ring (bicyclic) bond motifs is 1. The number of ether oxygens (including phenoxy) is 3. The van der Waals surface area contributed by atoms with E-state index in [2.05, 4.69) is 24.2 Å². The molecule has 3 heterocycles. The van der Waals surface area contributed by atoms with Gasteiger partial charge in [-0.1, -0.05) is 29.4 Å². The molecule has 8 nitrogen and oxygen atoms in total. The van der Waals surface area contributed by atoms with Gasteiger partial charge in [0.05, 0.1) is 13.2 Å². The molecule has 0 amide bonds. The van der Waals surface area contributed by atoms with Crippen LogP contribution in [-0.2, 0) is 21.3 Å². The molecule has 0 N–H and O–H groups in total. The smallest absolute Gasteiger partial charge is 0.248 e. The van der Waals surface area contributed by atoms with E-state index >= 15 is 0 Å². The van der Waals surface area contributed by atoms with E-state index in [0.717, 1.165) is 28.7 Å². The molecule has 1 atom stereocenters. The summed E-state index contributed by atoms with van der Waals surface area (Å²) in [4.78, 5) is 0.116. The number of nitrogens with zero attached hydrogens (tertiary/aromatic N) is 2. The summed E-state index contributed by atoms with van der Waals surface area (Å²) in [7, 11) is -3.83. The maximum Gasteiger partial charge on any atom is 0.248 e. The molecular formula is C25H28N2O6S. The van der Waals surface area contributed by atoms with Crippen molar-refractivity contribution in [2.24, 2.45) is 0 Å². The van der Waals surface area contributed by atoms with Gasteiger partial charge in [0.25, 0.3) is 0 Å². The van der Waals surface area contributed by atoms with Gasteiger partial charge in [-0.3, -0.25) is 0 Å². The molecule has 2 aliphatic heterocycles. The summed E-state index contributed by atoms with van der Waals surface area (Å²) >= 11 is 0. The highest BCUT2D eigenvalue weighted by Crippen LogP contribution is 2.41. The number of aryl methyl sites for hydroxylation is 3. The summed E-state index contributed by atoms with van der Waals surface area (Å²) in [5.41, 5.74) is 4.23. The predicted octanol–water partition coefficient (Wildman–Crippen LogP) is 4.02. The Labute approximate surface area is 199 Å². The first-order valence-electron chi connectivity index (χ1n) is 11.4. The molecule has 9 heteroatoms. The summed E-state index contributed by atoms with van der Waals surface area (Å²) in [6, 6.07) is 12.1. The van der Waals surface area contributed by atoms with Crippen LogP contribution in [0.1, 0.15) is 29.0 Å². The van der Waals surface area contributed by atoms with Crippen LogP contribution in [0, 0.1) is 20.8 Å². The van der Waals surface area contributed by atoms with E-state index in [1.807, 2.05) is 24.3 Å². The molecule has 1 aromatic heterocycles. The monoisotopic (exact) mass is 484 g/mol. The second kappa shape index (κ2) is 9.05. The second-order valence-corrected chi connectivity index (χ2v) is 10.6. The molecule has 34 heavy (non-hydrogen) atoms. The fraction of sp³-hybridized carbons (Fsp3) is 0.400. The molecule has 3 aromatic rings. The van der Waals surface area contributed by atoms with Gasteiger partial charge in [0.1, 0.15) is 23.3 Å². The zero-order chi connectivity index (χ0) is 23.9. The van der Waals surface area contributed by atoms with Crippen LogP contribution in [0.4, 0.5) is 0 Å². The molecular weight excluding hydrogens is 456 g/mol. The van der Waals surface area contributed by atoms with Crippen LogP contribution in [0.5, 0.6) is 11.5 Å². The first-order chi connectivity index (χ1) is 16.3. The van der Waals surface area contributed by atoms with E-state index in [1.165, 1.54) is 4.31 Å². The van der Waals surface area contributed by atoms with Crippen molar-refractivity contribution in [3.63, 3.8) is 0 Å². The van der Waals surface area contributed by atoms with Gasteiger partial charge < -0.3 is 18.7 Å². The van der Waals surface area contributed by atoms with Crippen LogP contribution >= 0.6 is 0 Å². The molecule has 2 aromatic carbocycles. The van der Waals surface area contributed by atoms with Crippen molar-refractivity contribution in [3.05, 3.63) is 59.0 Å². The van der Waals surface area contributed by atoms with Gasteiger partial charge in [-0.2, -0.15) is 4.31 Å². The first-order valence-corrected chi connectivity index (χ1v) is 12.8. The minimum atomic E-state index is -3.83. The van der Waals surface area contributed by atoms with Gasteiger partial charge in [0.15, 0.2) is 17.3 Å². The van der Waals surface area contributed by atoms with E-state index in [1.54, 1.807) is 13.8 Å². The van der Waals surface area contributed by atoms with Crippen LogP contribution < -0.4 is 9.47 Å². The molecule has 0 spiro atoms. The molecule has 0 radical (unpaired) electrons. The Morgan fingerprint density at radius 3 is 2.65 bits per heavy atom. The van der Waals surface area contributed by atoms with Crippen molar-refractivity contribution < 1.29 is 27.2 Å². The molecule has 0 aliphatic carbocycles. The predicted molar refractivity (Wildman–Crippen MR) is 126 cm³/mol. The zero-order valence-corrected chi connectivity index (χ0v) is 20.4. The third-order valence-corrected chi connectivity index (χ3v) is 8.36. The third-order valence-electron chi connectivity index (χ3n) is 6.27. The molecule has 0 bridgehead atoms. The van der Waals surface area contributed by atoms with E-state index in [0.29, 0.717) is 30.4 Å². The second-order valence-electron chi connectivity index (χ2n) is 8.72. The Morgan fingerprint density at radius 1 is 1.12 bits per heavy atom. The number of rotatable bonds is 5. The van der Waals surface area contributed by atoms with Crippen molar-refractivity contribution in [3.8, 4) is 22.6 Å². The Hall–Kier alpha value is -2.88. The van der Waals surface area contributed by atoms with Gasteiger partial charge in [-0.15, -0.1) is 0 Å². The number of hydrogen-bond donors (Lipinski definition) is 0. The van der Waals surface area contributed by atoms with Crippen molar-refractivity contribution >= 4 is 10.0 Å². The van der Waals surface area contributed by atoms with Gasteiger partial charge in [-0.05, 0) is 49.6 Å². The van der Waals surface area contributed by atoms with Gasteiger partial charge in [0, 0.05) is 25.1 Å². The molecule has 1 saturated heterocycles. The van der Waals surface area contributed by atoms with Crippen molar-refractivity contribution in [2.45, 2.75) is 44.7 Å². The van der Waals surface area contributed by atoms with Crippen molar-refractivity contribution in [1.29, 1.82) is 0 Å². The maximum atomic E-state index is 13.5. The minimum Gasteiger partial charge on any atom is -0.488 e. The number of aromatic nitrogens is 1. The van der Waals surface area contributed by atoms with Crippen LogP contribution in [-0.4, -0.2) is 50.3 Å². The molecule has 2 aliphatic rings. The quantitative estimate of drug-likeness (QED) is 0.540. The lowest BCUT2D eigenvalue weighted by Crippen LogP contribution is -2.33. The first kappa shape index (κ1) is 22.9. The highest BCUT2D eigenvalue weighted by atomic mass is 32.2. The van der Waals surface area contributed by atoms with E-state index in [-0.39, 0.29) is 36.5 Å². The lowest BCUT2D eigenvalue weighted by molar-refractivity contribution is 0.137. The molecule has 0 saturated carbocycles. The maximum absolute atomic E-state index is 13.5. The largest absolute Gasteiger partial charge is 0.488 e. The number of sulfonamides is 1. The van der Waals surface area contributed by atoms with Gasteiger partial charge in [0.2, 0.25) is 10.0 Å². The summed E-state index contributed by atoms with van der Waals surface area (Å²) < 4.78 is 51.6. The zero-order valence-electron chi connectivity index (χ0n) is 19.5. The fourth-order valence-electron chi connectivity index (χ4n) is 4.56. The lowest BCUT2D eigenvalue weighted by atomic mass is 9.98. The molecule has 1 fully saturated rings. The Bertz CT molecular complexity index is 1290. The normalized spacial score (nSPS) is 18.9. The average molecular weight is 485 g/mol. The topological polar surface area (TPSA) is 91.1 Å². The highest BCUT2D eigenvalue weighted by Gasteiger charge is 2.34. The van der Waals surface area contributed by atoms with Crippen LogP contribution in [0.25, 0.3) is 11.1 Å². The Balaban J connectivity index is 1.59. The van der Waals surface area contributed by atoms with Gasteiger partial charge in [-0.25, -0.2) is 8.42 Å². The number of hydrogen-bond acceptors (Lipinski definition) is 7. The van der Waals surface area contributed by atoms with Crippen LogP contribution in [0.15, 0.2) is 45.8 Å². The summed E-state index contributed by atoms with van der Waals surface area (Å²) in [6.07, 6.45) is 0.737. The summed E-state index contributed by atoms with van der Waals surface area (Å²) in [5, 5.41) is 3.84. The number of benzene rings is 2. The standard InChI is InChI=1S/C25H28N2O6S/c1-16-6-4-5-7-22(16)19-12-20-14-27(34(28,29)25-17(2)26-33-18(25)3)9-11-31-24(20)23(13-19)32-21-8-10-30-15-21/h4-7,12-13,21H,8-11,14-15H2,1-3H3. The molecule has 1 unspecified atom stereocenters. The van der Waals surface area contributed by atoms with E-state index < -0.39 is 10.0 Å². The SMILES string of the molecule is Cc1ccccc1-c1cc2c(c(OC3CCOC3)c1)OCCN(S(=O)(=O)c1c(C)noc1C)C2. The van der Waals surface area contributed by atoms with E-state index in [4.69, 9.17) is 18.7 Å². The Morgan fingerprint density at radius 2 is 1.94 bits per heavy atom. The van der Waals surface area contributed by atoms with Crippen molar-refractivity contribution in [2.75, 3.05) is 26.4 Å². The fourth-order valence-corrected chi connectivity index (χ4v) is 6.26. The summed E-state index contributed by atoms with van der Waals surface area (Å²) in [6.45, 7) is 7.04. The van der Waals surface area contributed by atoms with Crippen molar-refractivity contribution in [1.82, 2.24) is 9.46 Å². The average Bonchev–Trinajstić information content (AvgIpc) is 3.37. The minimum absolute atomic E-state index is 0.0646. The van der Waals surface area contributed by atoms with Crippen LogP contribution in [0.3, 0.4) is 0 Å². The Kier molecular flexibility index (Phi) is 6.09. The highest BCUT2D eigenvalue weighted by molar-refractivity contribution is 7.89. The van der Waals surface area contributed by atoms with Gasteiger partial charge >= 0.3 is 0 Å². The lowest BCUT2D eigenvalue weighted by Gasteiger charge is -2.21. The summed E-state index contributed by atoms with van der Waals surface area (Å²) in [5.74, 6) is 1.48. The third kappa shape index (κ3) is 4.19.